The summed E-state index contributed by atoms with van der Waals surface area (Å²) in [6.45, 7) is 4.75. The fraction of sp³-hybridized carbons (Fsp3) is 0.667. The van der Waals surface area contributed by atoms with E-state index in [0.717, 1.165) is 50.3 Å². The number of ether oxygens (including phenoxy) is 1. The second-order valence-corrected chi connectivity index (χ2v) is 5.23. The molecule has 0 spiro atoms. The third-order valence-electron chi connectivity index (χ3n) is 3.70. The monoisotopic (exact) mass is 263 g/mol. The minimum Gasteiger partial charge on any atom is -0.380 e. The van der Waals surface area contributed by atoms with Gasteiger partial charge in [0.25, 0.3) is 0 Å². The van der Waals surface area contributed by atoms with Crippen molar-refractivity contribution in [1.82, 2.24) is 4.98 Å². The molecule has 1 unspecified atom stereocenters. The summed E-state index contributed by atoms with van der Waals surface area (Å²) in [6.07, 6.45) is 4.76. The highest BCUT2D eigenvalue weighted by atomic mass is 16.5. The molecule has 4 heteroatoms. The molecule has 0 aromatic carbocycles. The molecule has 0 bridgehead atoms. The van der Waals surface area contributed by atoms with E-state index < -0.39 is 0 Å². The van der Waals surface area contributed by atoms with Gasteiger partial charge in [-0.15, -0.1) is 0 Å². The van der Waals surface area contributed by atoms with Gasteiger partial charge in [0.2, 0.25) is 0 Å². The third kappa shape index (κ3) is 3.67. The lowest BCUT2D eigenvalue weighted by Gasteiger charge is -2.33. The molecule has 0 saturated carbocycles. The number of hydrogen-bond donors (Lipinski definition) is 1. The van der Waals surface area contributed by atoms with Crippen LogP contribution in [0, 0.1) is 0 Å². The molecule has 1 saturated heterocycles. The van der Waals surface area contributed by atoms with Crippen molar-refractivity contribution in [3.05, 3.63) is 23.4 Å². The Morgan fingerprint density at radius 1 is 1.47 bits per heavy atom. The predicted octanol–water partition coefficient (Wildman–Crippen LogP) is 2.11. The van der Waals surface area contributed by atoms with Crippen molar-refractivity contribution in [3.8, 4) is 0 Å². The van der Waals surface area contributed by atoms with Gasteiger partial charge < -0.3 is 15.4 Å². The molecule has 2 N–H and O–H groups in total. The summed E-state index contributed by atoms with van der Waals surface area (Å²) in [4.78, 5) is 7.11. The molecule has 1 aromatic rings. The van der Waals surface area contributed by atoms with E-state index in [0.29, 0.717) is 12.6 Å². The molecule has 2 rings (SSSR count). The highest BCUT2D eigenvalue weighted by Crippen LogP contribution is 2.21. The topological polar surface area (TPSA) is 51.4 Å². The Balaban J connectivity index is 2.19. The van der Waals surface area contributed by atoms with E-state index in [2.05, 4.69) is 24.0 Å². The van der Waals surface area contributed by atoms with Crippen LogP contribution in [0.15, 0.2) is 12.1 Å². The van der Waals surface area contributed by atoms with Crippen LogP contribution in [0.3, 0.4) is 0 Å². The van der Waals surface area contributed by atoms with Crippen LogP contribution in [0.1, 0.15) is 37.4 Å². The van der Waals surface area contributed by atoms with Gasteiger partial charge in [-0.2, -0.15) is 0 Å². The zero-order valence-electron chi connectivity index (χ0n) is 12.1. The third-order valence-corrected chi connectivity index (χ3v) is 3.70. The molecule has 0 aliphatic carbocycles. The number of rotatable bonds is 5. The van der Waals surface area contributed by atoms with Gasteiger partial charge in [0.15, 0.2) is 0 Å². The summed E-state index contributed by atoms with van der Waals surface area (Å²) < 4.78 is 5.48. The summed E-state index contributed by atoms with van der Waals surface area (Å²) >= 11 is 0. The first-order valence-electron chi connectivity index (χ1n) is 7.24. The number of pyridine rings is 1. The van der Waals surface area contributed by atoms with Gasteiger partial charge in [0.1, 0.15) is 5.82 Å². The summed E-state index contributed by atoms with van der Waals surface area (Å²) in [5.74, 6) is 1.06. The Bertz CT molecular complexity index is 408. The fourth-order valence-electron chi connectivity index (χ4n) is 2.64. The maximum Gasteiger partial charge on any atom is 0.129 e. The number of hydrogen-bond acceptors (Lipinski definition) is 4. The van der Waals surface area contributed by atoms with Crippen LogP contribution in [0.25, 0.3) is 0 Å². The molecule has 1 aliphatic rings. The largest absolute Gasteiger partial charge is 0.380 e. The Hall–Kier alpha value is -1.13. The van der Waals surface area contributed by atoms with E-state index in [-0.39, 0.29) is 0 Å². The molecular formula is C15H25N3O. The van der Waals surface area contributed by atoms with E-state index in [1.165, 1.54) is 5.56 Å². The van der Waals surface area contributed by atoms with E-state index in [4.69, 9.17) is 15.5 Å². The highest BCUT2D eigenvalue weighted by molar-refractivity contribution is 5.43. The second-order valence-electron chi connectivity index (χ2n) is 5.23. The summed E-state index contributed by atoms with van der Waals surface area (Å²) in [6, 6.07) is 4.25. The Labute approximate surface area is 116 Å². The van der Waals surface area contributed by atoms with Gasteiger partial charge >= 0.3 is 0 Å². The molecule has 19 heavy (non-hydrogen) atoms. The summed E-state index contributed by atoms with van der Waals surface area (Å²) in [5.41, 5.74) is 8.12. The van der Waals surface area contributed by atoms with Crippen LogP contribution in [0.2, 0.25) is 0 Å². The number of methoxy groups -OCH3 is 1. The standard InChI is InChI=1S/C15H25N3O/c1-3-5-13-8-12(10-16)9-15(17-13)18-7-4-6-14(11-18)19-2/h8-9,14H,3-7,10-11,16H2,1-2H3. The van der Waals surface area contributed by atoms with Gasteiger partial charge in [-0.25, -0.2) is 4.98 Å². The average Bonchev–Trinajstić information content (AvgIpc) is 2.47. The van der Waals surface area contributed by atoms with Crippen molar-refractivity contribution >= 4 is 5.82 Å². The minimum absolute atomic E-state index is 0.326. The first-order valence-corrected chi connectivity index (χ1v) is 7.24. The zero-order chi connectivity index (χ0) is 13.7. The molecule has 1 atom stereocenters. The Morgan fingerprint density at radius 2 is 2.32 bits per heavy atom. The smallest absolute Gasteiger partial charge is 0.129 e. The zero-order valence-corrected chi connectivity index (χ0v) is 12.1. The van der Waals surface area contributed by atoms with Crippen LogP contribution in [-0.2, 0) is 17.7 Å². The summed E-state index contributed by atoms with van der Waals surface area (Å²) in [7, 11) is 1.79. The van der Waals surface area contributed by atoms with Gasteiger partial charge in [-0.05, 0) is 37.0 Å². The average molecular weight is 263 g/mol. The molecular weight excluding hydrogens is 238 g/mol. The summed E-state index contributed by atoms with van der Waals surface area (Å²) in [5, 5.41) is 0. The Morgan fingerprint density at radius 3 is 3.00 bits per heavy atom. The molecule has 0 amide bonds. The molecule has 106 valence electrons. The molecule has 1 fully saturated rings. The maximum absolute atomic E-state index is 5.80. The van der Waals surface area contributed by atoms with Crippen LogP contribution in [0.4, 0.5) is 5.82 Å². The lowest BCUT2D eigenvalue weighted by molar-refractivity contribution is 0.0891. The number of aryl methyl sites for hydroxylation is 1. The van der Waals surface area contributed by atoms with E-state index >= 15 is 0 Å². The fourth-order valence-corrected chi connectivity index (χ4v) is 2.64. The van der Waals surface area contributed by atoms with Crippen molar-refractivity contribution < 1.29 is 4.74 Å². The van der Waals surface area contributed by atoms with Crippen molar-refractivity contribution in [3.63, 3.8) is 0 Å². The lowest BCUT2D eigenvalue weighted by Crippen LogP contribution is -2.39. The molecule has 2 heterocycles. The SMILES string of the molecule is CCCc1cc(CN)cc(N2CCCC(OC)C2)n1. The highest BCUT2D eigenvalue weighted by Gasteiger charge is 2.21. The van der Waals surface area contributed by atoms with Crippen molar-refractivity contribution in [2.75, 3.05) is 25.1 Å². The van der Waals surface area contributed by atoms with Crippen LogP contribution < -0.4 is 10.6 Å². The van der Waals surface area contributed by atoms with Crippen molar-refractivity contribution in [2.24, 2.45) is 5.73 Å². The van der Waals surface area contributed by atoms with Crippen LogP contribution >= 0.6 is 0 Å². The van der Waals surface area contributed by atoms with Crippen molar-refractivity contribution in [1.29, 1.82) is 0 Å². The molecule has 1 aromatic heterocycles. The Kier molecular flexibility index (Phi) is 5.16. The van der Waals surface area contributed by atoms with Crippen LogP contribution in [-0.4, -0.2) is 31.3 Å². The van der Waals surface area contributed by atoms with Gasteiger partial charge in [-0.3, -0.25) is 0 Å². The van der Waals surface area contributed by atoms with Gasteiger partial charge in [0.05, 0.1) is 6.10 Å². The molecule has 0 radical (unpaired) electrons. The maximum atomic E-state index is 5.80. The predicted molar refractivity (Wildman–Crippen MR) is 78.4 cm³/mol. The quantitative estimate of drug-likeness (QED) is 0.884. The molecule has 1 aliphatic heterocycles. The minimum atomic E-state index is 0.326. The number of nitrogens with zero attached hydrogens (tertiary/aromatic N) is 2. The number of aromatic nitrogens is 1. The lowest BCUT2D eigenvalue weighted by atomic mass is 10.1. The van der Waals surface area contributed by atoms with Crippen LogP contribution in [0.5, 0.6) is 0 Å². The second kappa shape index (κ2) is 6.87. The number of nitrogens with two attached hydrogens (primary N) is 1. The van der Waals surface area contributed by atoms with Gasteiger partial charge in [0, 0.05) is 32.4 Å². The number of piperidine rings is 1. The number of anilines is 1. The molecule has 4 nitrogen and oxygen atoms in total. The van der Waals surface area contributed by atoms with E-state index in [1.807, 2.05) is 0 Å². The van der Waals surface area contributed by atoms with Gasteiger partial charge in [-0.1, -0.05) is 13.3 Å². The first kappa shape index (κ1) is 14.3. The normalized spacial score (nSPS) is 19.7. The van der Waals surface area contributed by atoms with E-state index in [1.54, 1.807) is 7.11 Å². The van der Waals surface area contributed by atoms with E-state index in [9.17, 15) is 0 Å². The first-order chi connectivity index (χ1) is 9.26. The van der Waals surface area contributed by atoms with Crippen molar-refractivity contribution in [2.45, 2.75) is 45.3 Å².